The number of benzene rings is 1. The maximum atomic E-state index is 4.02. The van der Waals surface area contributed by atoms with Crippen molar-refractivity contribution < 1.29 is 0 Å². The smallest absolute Gasteiger partial charge is 0.0653 e. The van der Waals surface area contributed by atoms with Crippen molar-refractivity contribution in [2.24, 2.45) is 0 Å². The average molecular weight is 203 g/mol. The van der Waals surface area contributed by atoms with Crippen molar-refractivity contribution in [3.8, 4) is 0 Å². The van der Waals surface area contributed by atoms with Gasteiger partial charge in [0.1, 0.15) is 0 Å². The third-order valence-electron chi connectivity index (χ3n) is 2.56. The Balaban J connectivity index is 2.14. The Morgan fingerprint density at radius 2 is 2.27 bits per heavy atom. The van der Waals surface area contributed by atoms with E-state index in [2.05, 4.69) is 47.3 Å². The SMILES string of the molecule is CCCN(C)Cc1ccc2cn[nH]c2c1. The second-order valence-electron chi connectivity index (χ2n) is 4.03. The molecule has 1 N–H and O–H groups in total. The molecule has 0 aliphatic heterocycles. The molecular weight excluding hydrogens is 186 g/mol. The minimum absolute atomic E-state index is 1.00. The van der Waals surface area contributed by atoms with Crippen molar-refractivity contribution >= 4 is 10.9 Å². The molecule has 0 atom stereocenters. The summed E-state index contributed by atoms with van der Waals surface area (Å²) in [6.45, 7) is 4.35. The van der Waals surface area contributed by atoms with Gasteiger partial charge in [-0.15, -0.1) is 0 Å². The first-order valence-electron chi connectivity index (χ1n) is 5.40. The van der Waals surface area contributed by atoms with Crippen LogP contribution < -0.4 is 0 Å². The van der Waals surface area contributed by atoms with Gasteiger partial charge in [0, 0.05) is 11.9 Å². The first-order valence-corrected chi connectivity index (χ1v) is 5.40. The lowest BCUT2D eigenvalue weighted by molar-refractivity contribution is 0.327. The molecule has 3 nitrogen and oxygen atoms in total. The largest absolute Gasteiger partial charge is 0.302 e. The van der Waals surface area contributed by atoms with Gasteiger partial charge in [0.15, 0.2) is 0 Å². The lowest BCUT2D eigenvalue weighted by Gasteiger charge is -2.15. The third-order valence-corrected chi connectivity index (χ3v) is 2.56. The van der Waals surface area contributed by atoms with Crippen molar-refractivity contribution in [2.45, 2.75) is 19.9 Å². The molecule has 0 spiro atoms. The molecule has 0 aliphatic carbocycles. The van der Waals surface area contributed by atoms with Crippen LogP contribution in [-0.4, -0.2) is 28.7 Å². The Morgan fingerprint density at radius 3 is 3.07 bits per heavy atom. The molecule has 1 heterocycles. The third kappa shape index (κ3) is 2.36. The molecule has 2 rings (SSSR count). The van der Waals surface area contributed by atoms with Crippen LogP contribution in [-0.2, 0) is 6.54 Å². The van der Waals surface area contributed by atoms with E-state index < -0.39 is 0 Å². The van der Waals surface area contributed by atoms with Crippen LogP contribution in [0.15, 0.2) is 24.4 Å². The first kappa shape index (κ1) is 10.2. The molecule has 0 radical (unpaired) electrons. The van der Waals surface area contributed by atoms with Gasteiger partial charge in [-0.05, 0) is 31.6 Å². The number of aromatic amines is 1. The summed E-state index contributed by atoms with van der Waals surface area (Å²) in [6.07, 6.45) is 3.05. The average Bonchev–Trinajstić information content (AvgIpc) is 2.65. The predicted octanol–water partition coefficient (Wildman–Crippen LogP) is 2.40. The zero-order valence-electron chi connectivity index (χ0n) is 9.33. The molecule has 15 heavy (non-hydrogen) atoms. The predicted molar refractivity (Wildman–Crippen MR) is 62.7 cm³/mol. The maximum Gasteiger partial charge on any atom is 0.0653 e. The fraction of sp³-hybridized carbons (Fsp3) is 0.417. The quantitative estimate of drug-likeness (QED) is 0.827. The van der Waals surface area contributed by atoms with Crippen LogP contribution in [0.1, 0.15) is 18.9 Å². The number of nitrogens with one attached hydrogen (secondary N) is 1. The minimum Gasteiger partial charge on any atom is -0.302 e. The molecule has 2 aromatic rings. The van der Waals surface area contributed by atoms with Gasteiger partial charge in [0.2, 0.25) is 0 Å². The van der Waals surface area contributed by atoms with Gasteiger partial charge in [-0.3, -0.25) is 5.10 Å². The summed E-state index contributed by atoms with van der Waals surface area (Å²) >= 11 is 0. The zero-order chi connectivity index (χ0) is 10.7. The number of hydrogen-bond donors (Lipinski definition) is 1. The number of rotatable bonds is 4. The van der Waals surface area contributed by atoms with Gasteiger partial charge < -0.3 is 4.90 Å². The topological polar surface area (TPSA) is 31.9 Å². The van der Waals surface area contributed by atoms with E-state index in [1.165, 1.54) is 17.4 Å². The molecule has 80 valence electrons. The Morgan fingerprint density at radius 1 is 1.40 bits per heavy atom. The highest BCUT2D eigenvalue weighted by molar-refractivity contribution is 5.78. The van der Waals surface area contributed by atoms with Crippen molar-refractivity contribution in [3.05, 3.63) is 30.0 Å². The van der Waals surface area contributed by atoms with Crippen molar-refractivity contribution in [1.29, 1.82) is 0 Å². The molecule has 1 aromatic carbocycles. The van der Waals surface area contributed by atoms with E-state index in [0.717, 1.165) is 18.6 Å². The fourth-order valence-corrected chi connectivity index (χ4v) is 1.85. The van der Waals surface area contributed by atoms with E-state index in [9.17, 15) is 0 Å². The summed E-state index contributed by atoms with van der Waals surface area (Å²) in [6, 6.07) is 6.46. The highest BCUT2D eigenvalue weighted by Crippen LogP contribution is 2.13. The van der Waals surface area contributed by atoms with E-state index in [1.807, 2.05) is 6.20 Å². The highest BCUT2D eigenvalue weighted by atomic mass is 15.1. The van der Waals surface area contributed by atoms with Crippen LogP contribution in [0.4, 0.5) is 0 Å². The van der Waals surface area contributed by atoms with Gasteiger partial charge in [0.25, 0.3) is 0 Å². The molecule has 0 unspecified atom stereocenters. The molecule has 0 bridgehead atoms. The summed E-state index contributed by atoms with van der Waals surface area (Å²) in [7, 11) is 2.15. The standard InChI is InChI=1S/C12H17N3/c1-3-6-15(2)9-10-4-5-11-8-13-14-12(11)7-10/h4-5,7-8H,3,6,9H2,1-2H3,(H,13,14). The number of fused-ring (bicyclic) bond motifs is 1. The Labute approximate surface area is 90.1 Å². The molecule has 3 heteroatoms. The maximum absolute atomic E-state index is 4.02. The molecular formula is C12H17N3. The normalized spacial score (nSPS) is 11.4. The minimum atomic E-state index is 1.00. The van der Waals surface area contributed by atoms with E-state index in [4.69, 9.17) is 0 Å². The van der Waals surface area contributed by atoms with E-state index in [0.29, 0.717) is 0 Å². The number of nitrogens with zero attached hydrogens (tertiary/aromatic N) is 2. The van der Waals surface area contributed by atoms with Crippen LogP contribution in [0.3, 0.4) is 0 Å². The van der Waals surface area contributed by atoms with Crippen LogP contribution in [0, 0.1) is 0 Å². The Hall–Kier alpha value is -1.35. The van der Waals surface area contributed by atoms with E-state index in [1.54, 1.807) is 0 Å². The van der Waals surface area contributed by atoms with Crippen LogP contribution in [0.25, 0.3) is 10.9 Å². The second-order valence-corrected chi connectivity index (χ2v) is 4.03. The van der Waals surface area contributed by atoms with Crippen molar-refractivity contribution in [1.82, 2.24) is 15.1 Å². The fourth-order valence-electron chi connectivity index (χ4n) is 1.85. The monoisotopic (exact) mass is 203 g/mol. The first-order chi connectivity index (χ1) is 7.29. The second kappa shape index (κ2) is 4.45. The molecule has 0 saturated carbocycles. The number of H-pyrrole nitrogens is 1. The summed E-state index contributed by atoms with van der Waals surface area (Å²) < 4.78 is 0. The van der Waals surface area contributed by atoms with Crippen LogP contribution in [0.5, 0.6) is 0 Å². The summed E-state index contributed by atoms with van der Waals surface area (Å²) in [5.74, 6) is 0. The lowest BCUT2D eigenvalue weighted by Crippen LogP contribution is -2.18. The van der Waals surface area contributed by atoms with Crippen LogP contribution >= 0.6 is 0 Å². The molecule has 0 amide bonds. The Kier molecular flexibility index (Phi) is 3.02. The highest BCUT2D eigenvalue weighted by Gasteiger charge is 2.01. The van der Waals surface area contributed by atoms with Gasteiger partial charge >= 0.3 is 0 Å². The zero-order valence-corrected chi connectivity index (χ0v) is 9.33. The Bertz CT molecular complexity index is 433. The lowest BCUT2D eigenvalue weighted by atomic mass is 10.1. The number of aromatic nitrogens is 2. The summed E-state index contributed by atoms with van der Waals surface area (Å²) in [5, 5.41) is 8.19. The van der Waals surface area contributed by atoms with Gasteiger partial charge in [0.05, 0.1) is 11.7 Å². The van der Waals surface area contributed by atoms with Gasteiger partial charge in [-0.25, -0.2) is 0 Å². The van der Waals surface area contributed by atoms with Gasteiger partial charge in [-0.2, -0.15) is 5.10 Å². The van der Waals surface area contributed by atoms with Gasteiger partial charge in [-0.1, -0.05) is 19.1 Å². The van der Waals surface area contributed by atoms with E-state index in [-0.39, 0.29) is 0 Å². The van der Waals surface area contributed by atoms with Crippen LogP contribution in [0.2, 0.25) is 0 Å². The van der Waals surface area contributed by atoms with Crippen molar-refractivity contribution in [3.63, 3.8) is 0 Å². The molecule has 0 aliphatic rings. The van der Waals surface area contributed by atoms with E-state index >= 15 is 0 Å². The molecule has 1 aromatic heterocycles. The summed E-state index contributed by atoms with van der Waals surface area (Å²) in [4.78, 5) is 2.33. The van der Waals surface area contributed by atoms with Crippen molar-refractivity contribution in [2.75, 3.05) is 13.6 Å². The molecule has 0 fully saturated rings. The summed E-state index contributed by atoms with van der Waals surface area (Å²) in [5.41, 5.74) is 2.46. The number of hydrogen-bond acceptors (Lipinski definition) is 2. The molecule has 0 saturated heterocycles.